The minimum Gasteiger partial charge on any atom is -0.360 e. The second kappa shape index (κ2) is 7.67. The Hall–Kier alpha value is -3.42. The Labute approximate surface area is 162 Å². The standard InChI is InChI=1S/C20H21N5O3/c1-14-13-18(23-28-14)21-19(26)15-7-10-24(11-8-15)20(27)17-9-12-25(22-17)16-5-3-2-4-6-16/h2-6,9,12-13,15H,7-8,10-11H2,1H3,(H,21,23,26). The van der Waals surface area contributed by atoms with Crippen LogP contribution >= 0.6 is 0 Å². The molecule has 0 bridgehead atoms. The van der Waals surface area contributed by atoms with Crippen LogP contribution in [0, 0.1) is 12.8 Å². The van der Waals surface area contributed by atoms with Crippen LogP contribution in [0.1, 0.15) is 29.1 Å². The van der Waals surface area contributed by atoms with E-state index in [1.54, 1.807) is 34.8 Å². The third kappa shape index (κ3) is 3.80. The van der Waals surface area contributed by atoms with Crippen LogP contribution in [0.4, 0.5) is 5.82 Å². The topological polar surface area (TPSA) is 93.3 Å². The number of aryl methyl sites for hydroxylation is 1. The highest BCUT2D eigenvalue weighted by Crippen LogP contribution is 2.21. The van der Waals surface area contributed by atoms with Gasteiger partial charge in [0.05, 0.1) is 5.69 Å². The number of piperidine rings is 1. The van der Waals surface area contributed by atoms with Crippen LogP contribution in [0.2, 0.25) is 0 Å². The van der Waals surface area contributed by atoms with E-state index in [1.165, 1.54) is 0 Å². The Morgan fingerprint density at radius 2 is 1.89 bits per heavy atom. The predicted octanol–water partition coefficient (Wildman–Crippen LogP) is 2.66. The molecule has 0 unspecified atom stereocenters. The van der Waals surface area contributed by atoms with E-state index in [4.69, 9.17) is 4.52 Å². The third-order valence-corrected chi connectivity index (χ3v) is 4.86. The molecule has 144 valence electrons. The number of amides is 2. The Balaban J connectivity index is 1.34. The van der Waals surface area contributed by atoms with Gasteiger partial charge in [0.1, 0.15) is 5.76 Å². The maximum Gasteiger partial charge on any atom is 0.274 e. The lowest BCUT2D eigenvalue weighted by molar-refractivity contribution is -0.121. The second-order valence-corrected chi connectivity index (χ2v) is 6.86. The number of carbonyl (C=O) groups excluding carboxylic acids is 2. The number of rotatable bonds is 4. The van der Waals surface area contributed by atoms with Gasteiger partial charge in [0, 0.05) is 31.3 Å². The maximum absolute atomic E-state index is 12.7. The van der Waals surface area contributed by atoms with Gasteiger partial charge in [-0.15, -0.1) is 0 Å². The van der Waals surface area contributed by atoms with Crippen LogP contribution < -0.4 is 5.32 Å². The summed E-state index contributed by atoms with van der Waals surface area (Å²) in [6, 6.07) is 13.1. The van der Waals surface area contributed by atoms with Gasteiger partial charge in [-0.25, -0.2) is 4.68 Å². The molecule has 2 aromatic heterocycles. The summed E-state index contributed by atoms with van der Waals surface area (Å²) in [4.78, 5) is 26.9. The zero-order chi connectivity index (χ0) is 19.5. The van der Waals surface area contributed by atoms with Gasteiger partial charge in [0.2, 0.25) is 5.91 Å². The van der Waals surface area contributed by atoms with Crippen molar-refractivity contribution in [3.8, 4) is 5.69 Å². The maximum atomic E-state index is 12.7. The van der Waals surface area contributed by atoms with Crippen LogP contribution in [-0.2, 0) is 4.79 Å². The molecule has 3 aromatic rings. The van der Waals surface area contributed by atoms with Gasteiger partial charge in [-0.2, -0.15) is 5.10 Å². The molecule has 8 heteroatoms. The summed E-state index contributed by atoms with van der Waals surface area (Å²) < 4.78 is 6.65. The number of nitrogens with zero attached hydrogens (tertiary/aromatic N) is 4. The van der Waals surface area contributed by atoms with Crippen molar-refractivity contribution in [1.82, 2.24) is 19.8 Å². The predicted molar refractivity (Wildman–Crippen MR) is 102 cm³/mol. The van der Waals surface area contributed by atoms with Crippen molar-refractivity contribution in [2.75, 3.05) is 18.4 Å². The fraction of sp³-hybridized carbons (Fsp3) is 0.300. The third-order valence-electron chi connectivity index (χ3n) is 4.86. The van der Waals surface area contributed by atoms with E-state index >= 15 is 0 Å². The van der Waals surface area contributed by atoms with E-state index in [-0.39, 0.29) is 17.7 Å². The Bertz CT molecular complexity index is 971. The summed E-state index contributed by atoms with van der Waals surface area (Å²) in [5.41, 5.74) is 1.31. The first kappa shape index (κ1) is 18.0. The molecule has 28 heavy (non-hydrogen) atoms. The van der Waals surface area contributed by atoms with Crippen LogP contribution in [0.25, 0.3) is 5.69 Å². The SMILES string of the molecule is Cc1cc(NC(=O)C2CCN(C(=O)c3ccn(-c4ccccc4)n3)CC2)no1. The van der Waals surface area contributed by atoms with Gasteiger partial charge < -0.3 is 14.7 Å². The molecule has 1 aliphatic rings. The van der Waals surface area contributed by atoms with Gasteiger partial charge in [0.25, 0.3) is 5.91 Å². The van der Waals surface area contributed by atoms with Crippen molar-refractivity contribution >= 4 is 17.6 Å². The van der Waals surface area contributed by atoms with Crippen molar-refractivity contribution < 1.29 is 14.1 Å². The van der Waals surface area contributed by atoms with Crippen molar-refractivity contribution in [2.45, 2.75) is 19.8 Å². The first-order valence-corrected chi connectivity index (χ1v) is 9.25. The first-order chi connectivity index (χ1) is 13.6. The molecule has 1 saturated heterocycles. The molecular formula is C20H21N5O3. The average molecular weight is 379 g/mol. The summed E-state index contributed by atoms with van der Waals surface area (Å²) in [6.07, 6.45) is 2.99. The summed E-state index contributed by atoms with van der Waals surface area (Å²) in [6.45, 7) is 2.81. The number of benzene rings is 1. The lowest BCUT2D eigenvalue weighted by Gasteiger charge is -2.30. The monoisotopic (exact) mass is 379 g/mol. The Morgan fingerprint density at radius 3 is 2.57 bits per heavy atom. The number of aromatic nitrogens is 3. The molecule has 4 rings (SSSR count). The highest BCUT2D eigenvalue weighted by molar-refractivity contribution is 5.93. The highest BCUT2D eigenvalue weighted by Gasteiger charge is 2.29. The largest absolute Gasteiger partial charge is 0.360 e. The number of nitrogens with one attached hydrogen (secondary N) is 1. The molecule has 1 aliphatic heterocycles. The molecule has 0 atom stereocenters. The Kier molecular flexibility index (Phi) is 4.92. The fourth-order valence-electron chi connectivity index (χ4n) is 3.32. The minimum absolute atomic E-state index is 0.0891. The molecule has 1 aromatic carbocycles. The van der Waals surface area contributed by atoms with Crippen LogP contribution in [-0.4, -0.2) is 44.7 Å². The van der Waals surface area contributed by atoms with Crippen LogP contribution in [0.3, 0.4) is 0 Å². The Morgan fingerprint density at radius 1 is 1.14 bits per heavy atom. The summed E-state index contributed by atoms with van der Waals surface area (Å²) in [7, 11) is 0. The summed E-state index contributed by atoms with van der Waals surface area (Å²) in [5, 5.41) is 10.9. The molecule has 3 heterocycles. The molecular weight excluding hydrogens is 358 g/mol. The van der Waals surface area contributed by atoms with E-state index in [9.17, 15) is 9.59 Å². The van der Waals surface area contributed by atoms with Gasteiger partial charge in [-0.3, -0.25) is 9.59 Å². The lowest BCUT2D eigenvalue weighted by Crippen LogP contribution is -2.41. The first-order valence-electron chi connectivity index (χ1n) is 9.25. The van der Waals surface area contributed by atoms with Crippen LogP contribution in [0.5, 0.6) is 0 Å². The molecule has 0 aliphatic carbocycles. The van der Waals surface area contributed by atoms with Crippen molar-refractivity contribution in [2.24, 2.45) is 5.92 Å². The molecule has 1 N–H and O–H groups in total. The molecule has 1 fully saturated rings. The fourth-order valence-corrected chi connectivity index (χ4v) is 3.32. The minimum atomic E-state index is -0.150. The molecule has 0 saturated carbocycles. The number of carbonyl (C=O) groups is 2. The zero-order valence-corrected chi connectivity index (χ0v) is 15.5. The highest BCUT2D eigenvalue weighted by atomic mass is 16.5. The number of hydrogen-bond donors (Lipinski definition) is 1. The molecule has 0 radical (unpaired) electrons. The number of likely N-dealkylation sites (tertiary alicyclic amines) is 1. The van der Waals surface area contributed by atoms with E-state index < -0.39 is 0 Å². The number of hydrogen-bond acceptors (Lipinski definition) is 5. The second-order valence-electron chi connectivity index (χ2n) is 6.86. The lowest BCUT2D eigenvalue weighted by atomic mass is 9.95. The molecule has 8 nitrogen and oxygen atoms in total. The quantitative estimate of drug-likeness (QED) is 0.752. The van der Waals surface area contributed by atoms with Crippen molar-refractivity contribution in [1.29, 1.82) is 0 Å². The molecule has 0 spiro atoms. The van der Waals surface area contributed by atoms with E-state index in [1.807, 2.05) is 30.3 Å². The van der Waals surface area contributed by atoms with E-state index in [0.717, 1.165) is 5.69 Å². The van der Waals surface area contributed by atoms with E-state index in [0.29, 0.717) is 43.2 Å². The summed E-state index contributed by atoms with van der Waals surface area (Å²) >= 11 is 0. The smallest absolute Gasteiger partial charge is 0.274 e. The van der Waals surface area contributed by atoms with Gasteiger partial charge in [-0.05, 0) is 38.0 Å². The number of para-hydroxylation sites is 1. The van der Waals surface area contributed by atoms with Gasteiger partial charge in [-0.1, -0.05) is 23.4 Å². The van der Waals surface area contributed by atoms with Gasteiger partial charge in [0.15, 0.2) is 11.5 Å². The molecule has 2 amide bonds. The van der Waals surface area contributed by atoms with Crippen molar-refractivity contribution in [3.63, 3.8) is 0 Å². The van der Waals surface area contributed by atoms with E-state index in [2.05, 4.69) is 15.6 Å². The summed E-state index contributed by atoms with van der Waals surface area (Å²) in [5.74, 6) is 0.718. The van der Waals surface area contributed by atoms with Crippen LogP contribution in [0.15, 0.2) is 53.2 Å². The van der Waals surface area contributed by atoms with Crippen molar-refractivity contribution in [3.05, 3.63) is 60.1 Å². The van der Waals surface area contributed by atoms with Gasteiger partial charge >= 0.3 is 0 Å². The normalized spacial score (nSPS) is 14.8. The zero-order valence-electron chi connectivity index (χ0n) is 15.5. The average Bonchev–Trinajstić information content (AvgIpc) is 3.37. The number of anilines is 1.